The van der Waals surface area contributed by atoms with Crippen molar-refractivity contribution < 1.29 is 22.7 Å². The van der Waals surface area contributed by atoms with Gasteiger partial charge in [-0.15, -0.1) is 0 Å². The summed E-state index contributed by atoms with van der Waals surface area (Å²) in [5, 5.41) is 2.66. The third-order valence-electron chi connectivity index (χ3n) is 3.26. The summed E-state index contributed by atoms with van der Waals surface area (Å²) in [6.45, 7) is 1.75. The molecule has 1 aromatic carbocycles. The van der Waals surface area contributed by atoms with Crippen molar-refractivity contribution in [1.82, 2.24) is 5.32 Å². The Kier molecular flexibility index (Phi) is 4.65. The van der Waals surface area contributed by atoms with Crippen LogP contribution in [0.1, 0.15) is 28.8 Å². The van der Waals surface area contributed by atoms with Gasteiger partial charge in [0.05, 0.1) is 12.2 Å². The standard InChI is InChI=1S/C14H16F3NO2/c15-14(16,17)12-5-1-4-11(7-12)13(19)18-8-10-3-2-6-20-9-10/h1,4-5,7,10H,2-3,6,8-9H2,(H,18,19)/t10-/m0/s1. The molecule has 0 aromatic heterocycles. The Morgan fingerprint density at radius 2 is 2.20 bits per heavy atom. The third kappa shape index (κ3) is 3.96. The van der Waals surface area contributed by atoms with E-state index in [4.69, 9.17) is 4.74 Å². The van der Waals surface area contributed by atoms with E-state index >= 15 is 0 Å². The molecule has 1 N–H and O–H groups in total. The van der Waals surface area contributed by atoms with Crippen molar-refractivity contribution in [2.75, 3.05) is 19.8 Å². The van der Waals surface area contributed by atoms with E-state index in [1.807, 2.05) is 0 Å². The lowest BCUT2D eigenvalue weighted by Crippen LogP contribution is -2.33. The molecule has 0 unspecified atom stereocenters. The maximum absolute atomic E-state index is 12.6. The van der Waals surface area contributed by atoms with Crippen LogP contribution in [0.25, 0.3) is 0 Å². The summed E-state index contributed by atoms with van der Waals surface area (Å²) >= 11 is 0. The molecule has 1 heterocycles. The summed E-state index contributed by atoms with van der Waals surface area (Å²) in [6.07, 6.45) is -2.53. The van der Waals surface area contributed by atoms with Crippen LogP contribution in [0.2, 0.25) is 0 Å². The van der Waals surface area contributed by atoms with E-state index in [0.29, 0.717) is 13.2 Å². The number of alkyl halides is 3. The normalized spacial score (nSPS) is 19.6. The van der Waals surface area contributed by atoms with Gasteiger partial charge < -0.3 is 10.1 Å². The van der Waals surface area contributed by atoms with Crippen molar-refractivity contribution in [3.63, 3.8) is 0 Å². The van der Waals surface area contributed by atoms with E-state index in [1.165, 1.54) is 12.1 Å². The van der Waals surface area contributed by atoms with Crippen LogP contribution in [0.4, 0.5) is 13.2 Å². The summed E-state index contributed by atoms with van der Waals surface area (Å²) in [5.41, 5.74) is -0.789. The van der Waals surface area contributed by atoms with Crippen molar-refractivity contribution in [2.24, 2.45) is 5.92 Å². The molecular weight excluding hydrogens is 271 g/mol. The second kappa shape index (κ2) is 6.26. The second-order valence-electron chi connectivity index (χ2n) is 4.87. The highest BCUT2D eigenvalue weighted by Gasteiger charge is 2.30. The molecule has 1 aliphatic rings. The second-order valence-corrected chi connectivity index (χ2v) is 4.87. The van der Waals surface area contributed by atoms with E-state index in [2.05, 4.69) is 5.32 Å². The van der Waals surface area contributed by atoms with E-state index in [9.17, 15) is 18.0 Å². The van der Waals surface area contributed by atoms with Crippen molar-refractivity contribution in [1.29, 1.82) is 0 Å². The molecule has 1 aromatic rings. The summed E-state index contributed by atoms with van der Waals surface area (Å²) in [7, 11) is 0. The topological polar surface area (TPSA) is 38.3 Å². The summed E-state index contributed by atoms with van der Waals surface area (Å²) < 4.78 is 43.0. The number of hydrogen-bond acceptors (Lipinski definition) is 2. The maximum atomic E-state index is 12.6. The van der Waals surface area contributed by atoms with E-state index in [0.717, 1.165) is 31.6 Å². The smallest absolute Gasteiger partial charge is 0.381 e. The van der Waals surface area contributed by atoms with Gasteiger partial charge in [0, 0.05) is 18.7 Å². The van der Waals surface area contributed by atoms with Crippen molar-refractivity contribution in [3.8, 4) is 0 Å². The Bertz CT molecular complexity index is 468. The molecule has 1 fully saturated rings. The lowest BCUT2D eigenvalue weighted by molar-refractivity contribution is -0.137. The van der Waals surface area contributed by atoms with E-state index in [1.54, 1.807) is 0 Å². The maximum Gasteiger partial charge on any atom is 0.416 e. The van der Waals surface area contributed by atoms with Crippen molar-refractivity contribution in [3.05, 3.63) is 35.4 Å². The molecule has 2 rings (SSSR count). The zero-order valence-electron chi connectivity index (χ0n) is 10.9. The minimum absolute atomic E-state index is 0.0246. The van der Waals surface area contributed by atoms with Gasteiger partial charge in [-0.3, -0.25) is 4.79 Å². The van der Waals surface area contributed by atoms with Crippen LogP contribution < -0.4 is 5.32 Å². The molecule has 110 valence electrons. The Balaban J connectivity index is 1.95. The minimum Gasteiger partial charge on any atom is -0.381 e. The largest absolute Gasteiger partial charge is 0.416 e. The van der Waals surface area contributed by atoms with Gasteiger partial charge in [0.1, 0.15) is 0 Å². The number of rotatable bonds is 3. The lowest BCUT2D eigenvalue weighted by atomic mass is 10.0. The summed E-state index contributed by atoms with van der Waals surface area (Å²) in [5.74, 6) is -0.250. The molecule has 6 heteroatoms. The highest BCUT2D eigenvalue weighted by atomic mass is 19.4. The SMILES string of the molecule is O=C(NC[C@@H]1CCCOC1)c1cccc(C(F)(F)F)c1. The molecule has 0 saturated carbocycles. The lowest BCUT2D eigenvalue weighted by Gasteiger charge is -2.22. The van der Waals surface area contributed by atoms with Crippen LogP contribution >= 0.6 is 0 Å². The Hall–Kier alpha value is -1.56. The van der Waals surface area contributed by atoms with Gasteiger partial charge in [0.2, 0.25) is 0 Å². The molecule has 1 amide bonds. The summed E-state index contributed by atoms with van der Waals surface area (Å²) in [4.78, 5) is 11.8. The van der Waals surface area contributed by atoms with Gasteiger partial charge in [0.25, 0.3) is 5.91 Å². The molecule has 0 aliphatic carbocycles. The highest BCUT2D eigenvalue weighted by Crippen LogP contribution is 2.29. The molecule has 0 bridgehead atoms. The van der Waals surface area contributed by atoms with Crippen molar-refractivity contribution >= 4 is 5.91 Å². The number of carbonyl (C=O) groups is 1. The third-order valence-corrected chi connectivity index (χ3v) is 3.26. The number of amides is 1. The number of nitrogens with one attached hydrogen (secondary N) is 1. The van der Waals surface area contributed by atoms with Gasteiger partial charge in [-0.25, -0.2) is 0 Å². The van der Waals surface area contributed by atoms with Crippen LogP contribution in [0.15, 0.2) is 24.3 Å². The molecule has 0 spiro atoms. The quantitative estimate of drug-likeness (QED) is 0.928. The van der Waals surface area contributed by atoms with Crippen molar-refractivity contribution in [2.45, 2.75) is 19.0 Å². The van der Waals surface area contributed by atoms with E-state index in [-0.39, 0.29) is 11.5 Å². The molecule has 20 heavy (non-hydrogen) atoms. The summed E-state index contributed by atoms with van der Waals surface area (Å²) in [6, 6.07) is 4.43. The first-order chi connectivity index (χ1) is 9.47. The number of ether oxygens (including phenoxy) is 1. The van der Waals surface area contributed by atoms with Crippen LogP contribution in [-0.2, 0) is 10.9 Å². The number of benzene rings is 1. The number of halogens is 3. The molecule has 3 nitrogen and oxygen atoms in total. The van der Waals surface area contributed by atoms with Gasteiger partial charge in [-0.2, -0.15) is 13.2 Å². The zero-order chi connectivity index (χ0) is 14.6. The fraction of sp³-hybridized carbons (Fsp3) is 0.500. The molecule has 1 atom stereocenters. The first-order valence-corrected chi connectivity index (χ1v) is 6.50. The minimum atomic E-state index is -4.44. The Morgan fingerprint density at radius 3 is 2.85 bits per heavy atom. The average molecular weight is 287 g/mol. The van der Waals surface area contributed by atoms with Crippen LogP contribution in [0.5, 0.6) is 0 Å². The van der Waals surface area contributed by atoms with Gasteiger partial charge in [-0.1, -0.05) is 6.07 Å². The first kappa shape index (κ1) is 14.8. The van der Waals surface area contributed by atoms with Gasteiger partial charge in [0.15, 0.2) is 0 Å². The number of carbonyl (C=O) groups excluding carboxylic acids is 1. The monoisotopic (exact) mass is 287 g/mol. The number of hydrogen-bond donors (Lipinski definition) is 1. The van der Waals surface area contributed by atoms with Crippen LogP contribution in [-0.4, -0.2) is 25.7 Å². The van der Waals surface area contributed by atoms with E-state index < -0.39 is 17.6 Å². The fourth-order valence-corrected chi connectivity index (χ4v) is 2.14. The Labute approximate surface area is 115 Å². The molecule has 1 saturated heterocycles. The average Bonchev–Trinajstić information content (AvgIpc) is 2.45. The zero-order valence-corrected chi connectivity index (χ0v) is 10.9. The van der Waals surface area contributed by atoms with Crippen LogP contribution in [0, 0.1) is 5.92 Å². The first-order valence-electron chi connectivity index (χ1n) is 6.50. The predicted molar refractivity (Wildman–Crippen MR) is 67.3 cm³/mol. The van der Waals surface area contributed by atoms with Crippen LogP contribution in [0.3, 0.4) is 0 Å². The fourth-order valence-electron chi connectivity index (χ4n) is 2.14. The molecule has 1 aliphatic heterocycles. The molecular formula is C14H16F3NO2. The molecule has 0 radical (unpaired) electrons. The highest BCUT2D eigenvalue weighted by molar-refractivity contribution is 5.94. The predicted octanol–water partition coefficient (Wildman–Crippen LogP) is 2.86. The van der Waals surface area contributed by atoms with Gasteiger partial charge in [-0.05, 0) is 37.0 Å². The van der Waals surface area contributed by atoms with Gasteiger partial charge >= 0.3 is 6.18 Å². The Morgan fingerprint density at radius 1 is 1.40 bits per heavy atom.